The molecule has 6 rings (SSSR count). The molecule has 0 spiro atoms. The molecule has 0 aromatic heterocycles. The Morgan fingerprint density at radius 3 is 1.27 bits per heavy atom. The Morgan fingerprint density at radius 2 is 0.922 bits per heavy atom. The number of carbonyl (C=O) groups is 6. The van der Waals surface area contributed by atoms with E-state index in [1.807, 2.05) is 0 Å². The van der Waals surface area contributed by atoms with Crippen LogP contribution in [0.5, 0.6) is 0 Å². The largest absolute Gasteiger partial charge is 0.459 e. The van der Waals surface area contributed by atoms with E-state index in [1.165, 1.54) is 56.0 Å². The summed E-state index contributed by atoms with van der Waals surface area (Å²) in [7, 11) is 0. The number of rotatable bonds is 20. The Kier molecular flexibility index (Phi) is 14.9. The molecule has 2 aliphatic heterocycles. The van der Waals surface area contributed by atoms with Crippen LogP contribution in [0.1, 0.15) is 63.7 Å². The van der Waals surface area contributed by atoms with Crippen molar-refractivity contribution in [1.82, 2.24) is 19.6 Å². The Balaban J connectivity index is 1.12. The number of ketones is 2. The Hall–Kier alpha value is -7.78. The summed E-state index contributed by atoms with van der Waals surface area (Å²) in [5.41, 5.74) is 2.90. The number of benzene rings is 4. The minimum atomic E-state index is -1.46. The molecule has 4 aromatic rings. The molecule has 4 aromatic carbocycles. The van der Waals surface area contributed by atoms with E-state index in [0.717, 1.165) is 0 Å². The second-order valence-electron chi connectivity index (χ2n) is 15.1. The highest BCUT2D eigenvalue weighted by atomic mass is 16.5. The molecule has 2 aliphatic rings. The monoisotopic (exact) mass is 862 g/mol. The molecule has 4 amide bonds. The minimum Gasteiger partial charge on any atom is -0.459 e. The molecule has 64 heavy (non-hydrogen) atoms. The fraction of sp³-hybridized carbons (Fsp3) is 0.240. The zero-order chi connectivity index (χ0) is 45.9. The van der Waals surface area contributed by atoms with Crippen LogP contribution in [0.2, 0.25) is 0 Å². The number of terminal acetylenes is 2. The number of β-amino-alcohol motifs (C(OH)–C–C–N with tert-alkyl or cyclic N) is 2. The Bertz CT molecular complexity index is 2350. The van der Waals surface area contributed by atoms with Crippen molar-refractivity contribution in [3.8, 4) is 24.7 Å². The van der Waals surface area contributed by atoms with Crippen molar-refractivity contribution in [2.24, 2.45) is 0 Å². The Labute approximate surface area is 371 Å². The van der Waals surface area contributed by atoms with Crippen molar-refractivity contribution in [2.75, 3.05) is 39.4 Å². The molecule has 4 unspecified atom stereocenters. The molecule has 2 saturated heterocycles. The summed E-state index contributed by atoms with van der Waals surface area (Å²) in [6.07, 6.45) is 8.90. The van der Waals surface area contributed by atoms with Gasteiger partial charge in [-0.25, -0.2) is 19.2 Å². The van der Waals surface area contributed by atoms with Crippen LogP contribution in [0, 0.1) is 24.7 Å². The van der Waals surface area contributed by atoms with Gasteiger partial charge in [-0.05, 0) is 47.5 Å². The third kappa shape index (κ3) is 10.3. The average molecular weight is 863 g/mol. The summed E-state index contributed by atoms with van der Waals surface area (Å²) in [6.45, 7) is 5.55. The topological polar surface area (TPSA) is 174 Å². The van der Waals surface area contributed by atoms with Crippen molar-refractivity contribution in [1.29, 1.82) is 0 Å². The average Bonchev–Trinajstić information content (AvgIpc) is 3.72. The number of aliphatic hydroxyl groups excluding tert-OH is 2. The van der Waals surface area contributed by atoms with Crippen LogP contribution < -0.4 is 0 Å². The highest BCUT2D eigenvalue weighted by Crippen LogP contribution is 2.35. The smallest absolute Gasteiger partial charge is 0.338 e. The molecule has 14 nitrogen and oxygen atoms in total. The van der Waals surface area contributed by atoms with Crippen molar-refractivity contribution in [3.05, 3.63) is 167 Å². The van der Waals surface area contributed by atoms with Crippen LogP contribution in [0.3, 0.4) is 0 Å². The van der Waals surface area contributed by atoms with Gasteiger partial charge in [0.1, 0.15) is 37.8 Å². The van der Waals surface area contributed by atoms with Gasteiger partial charge in [-0.3, -0.25) is 29.2 Å². The molecule has 2 N–H and O–H groups in total. The molecule has 2 fully saturated rings. The first-order chi connectivity index (χ1) is 30.9. The van der Waals surface area contributed by atoms with Crippen molar-refractivity contribution in [2.45, 2.75) is 37.4 Å². The maximum Gasteiger partial charge on any atom is 0.338 e. The first-order valence-corrected chi connectivity index (χ1v) is 20.3. The van der Waals surface area contributed by atoms with Gasteiger partial charge in [0.15, 0.2) is 11.6 Å². The molecular weight excluding hydrogens is 817 g/mol. The lowest BCUT2D eigenvalue weighted by atomic mass is 9.98. The quantitative estimate of drug-likeness (QED) is 0.0547. The maximum absolute atomic E-state index is 14.2. The normalized spacial score (nSPS) is 16.3. The van der Waals surface area contributed by atoms with Gasteiger partial charge in [0.2, 0.25) is 0 Å². The van der Waals surface area contributed by atoms with E-state index >= 15 is 0 Å². The van der Waals surface area contributed by atoms with Crippen molar-refractivity contribution < 1.29 is 48.5 Å². The lowest BCUT2D eigenvalue weighted by molar-refractivity contribution is 0.0110. The first kappa shape index (κ1) is 45.7. The van der Waals surface area contributed by atoms with E-state index in [9.17, 15) is 39.0 Å². The highest BCUT2D eigenvalue weighted by Gasteiger charge is 2.59. The molecule has 4 atom stereocenters. The predicted octanol–water partition coefficient (Wildman–Crippen LogP) is 4.74. The number of hydrogen-bond acceptors (Lipinski definition) is 10. The maximum atomic E-state index is 14.2. The van der Waals surface area contributed by atoms with Gasteiger partial charge in [-0.15, -0.1) is 26.0 Å². The van der Waals surface area contributed by atoms with E-state index in [4.69, 9.17) is 22.3 Å². The molecular formula is C50H46N4O10. The molecule has 0 saturated carbocycles. The third-order valence-corrected chi connectivity index (χ3v) is 10.7. The number of urea groups is 2. The summed E-state index contributed by atoms with van der Waals surface area (Å²) >= 11 is 0. The van der Waals surface area contributed by atoms with Crippen LogP contribution in [-0.2, 0) is 22.3 Å². The SMILES string of the molecule is C#Cc1ccc(CC(=O)c2ccccc2C(=O)OCC(O)CN2C(=O)N(CC(O)COC(=O)c3ccccc3C(=O)Cc3ccc(C#C)cc3)C3C2N(CC=C)C(=O)N3CC=C)cc1. The number of Topliss-reactive ketones (excluding diaryl/α,β-unsaturated/α-hetero) is 2. The number of carbonyl (C=O) groups excluding carboxylic acids is 6. The Morgan fingerprint density at radius 1 is 0.578 bits per heavy atom. The minimum absolute atomic E-state index is 0.00638. The van der Waals surface area contributed by atoms with Crippen LogP contribution in [0.4, 0.5) is 9.59 Å². The van der Waals surface area contributed by atoms with E-state index in [0.29, 0.717) is 22.3 Å². The summed E-state index contributed by atoms with van der Waals surface area (Å²) in [4.78, 5) is 86.5. The van der Waals surface area contributed by atoms with Gasteiger partial charge in [-0.2, -0.15) is 0 Å². The van der Waals surface area contributed by atoms with E-state index in [-0.39, 0.29) is 59.8 Å². The zero-order valence-corrected chi connectivity index (χ0v) is 34.9. The third-order valence-electron chi connectivity index (χ3n) is 10.7. The van der Waals surface area contributed by atoms with Gasteiger partial charge < -0.3 is 19.7 Å². The fourth-order valence-corrected chi connectivity index (χ4v) is 7.65. The molecule has 2 heterocycles. The van der Waals surface area contributed by atoms with Crippen molar-refractivity contribution in [3.63, 3.8) is 0 Å². The van der Waals surface area contributed by atoms with Crippen LogP contribution >= 0.6 is 0 Å². The van der Waals surface area contributed by atoms with Gasteiger partial charge in [0.25, 0.3) is 0 Å². The predicted molar refractivity (Wildman–Crippen MR) is 236 cm³/mol. The number of hydrogen-bond donors (Lipinski definition) is 2. The van der Waals surface area contributed by atoms with E-state index < -0.39 is 74.8 Å². The van der Waals surface area contributed by atoms with Gasteiger partial charge in [-0.1, -0.05) is 84.7 Å². The summed E-state index contributed by atoms with van der Waals surface area (Å²) in [5, 5.41) is 22.5. The number of aliphatic hydroxyl groups is 2. The van der Waals surface area contributed by atoms with Gasteiger partial charge >= 0.3 is 24.0 Å². The number of esters is 2. The molecule has 0 bridgehead atoms. The van der Waals surface area contributed by atoms with Crippen molar-refractivity contribution >= 4 is 35.6 Å². The van der Waals surface area contributed by atoms with Crippen LogP contribution in [0.15, 0.2) is 122 Å². The first-order valence-electron chi connectivity index (χ1n) is 20.3. The highest BCUT2D eigenvalue weighted by molar-refractivity contribution is 6.08. The number of fused-ring (bicyclic) bond motifs is 1. The number of amides is 4. The van der Waals surface area contributed by atoms with Gasteiger partial charge in [0.05, 0.1) is 24.2 Å². The second kappa shape index (κ2) is 20.9. The molecule has 326 valence electrons. The summed E-state index contributed by atoms with van der Waals surface area (Å²) < 4.78 is 10.9. The lowest BCUT2D eigenvalue weighted by Gasteiger charge is -2.30. The lowest BCUT2D eigenvalue weighted by Crippen LogP contribution is -2.50. The molecule has 14 heteroatoms. The van der Waals surface area contributed by atoms with E-state index in [1.54, 1.807) is 72.8 Å². The summed E-state index contributed by atoms with van der Waals surface area (Å²) in [6, 6.07) is 24.9. The molecule has 0 radical (unpaired) electrons. The molecule has 0 aliphatic carbocycles. The van der Waals surface area contributed by atoms with Gasteiger partial charge in [0, 0.05) is 48.2 Å². The zero-order valence-electron chi connectivity index (χ0n) is 34.9. The number of ether oxygens (including phenoxy) is 2. The fourth-order valence-electron chi connectivity index (χ4n) is 7.65. The summed E-state index contributed by atoms with van der Waals surface area (Å²) in [5.74, 6) is 2.60. The van der Waals surface area contributed by atoms with Crippen LogP contribution in [0.25, 0.3) is 0 Å². The standard InChI is InChI=1S/C50H46N4O10/c1-5-25-51-45-46(52(26-6-2)49(51)61)54(30-38(56)32-64-48(60)42-16-12-10-14-40(42)44(58)28-36-23-19-34(8-4)20-24-36)50(62)53(45)29-37(55)31-63-47(59)41-15-11-9-13-39(41)43(57)27-35-21-17-33(7-3)18-22-35/h3-6,9-24,37-38,45-46,55-56H,1-2,25-32H2. The second-order valence-corrected chi connectivity index (χ2v) is 15.1. The van der Waals surface area contributed by atoms with Crippen LogP contribution in [-0.4, -0.2) is 129 Å². The number of nitrogens with zero attached hydrogens (tertiary/aromatic N) is 4. The van der Waals surface area contributed by atoms with E-state index in [2.05, 4.69) is 25.0 Å².